The summed E-state index contributed by atoms with van der Waals surface area (Å²) in [6.45, 7) is 0. The molecular weight excluding hydrogens is 611 g/mol. The van der Waals surface area contributed by atoms with Crippen molar-refractivity contribution in [2.24, 2.45) is 0 Å². The Hall–Kier alpha value is -6.78. The van der Waals surface area contributed by atoms with Crippen LogP contribution in [0, 0.1) is 6.33 Å². The highest BCUT2D eigenvalue weighted by molar-refractivity contribution is 5.85. The highest BCUT2D eigenvalue weighted by Crippen LogP contribution is 2.35. The van der Waals surface area contributed by atoms with Gasteiger partial charge in [0, 0.05) is 10.9 Å². The normalized spacial score (nSPS) is 14.0. The largest absolute Gasteiger partial charge is 0.458 e. The first-order chi connectivity index (χ1) is 28.9. The van der Waals surface area contributed by atoms with Crippen molar-refractivity contribution in [2.45, 2.75) is 0 Å². The van der Waals surface area contributed by atoms with E-state index in [1.165, 1.54) is 0 Å². The highest BCUT2D eigenvalue weighted by atomic mass is 16.5. The molecule has 0 bridgehead atoms. The van der Waals surface area contributed by atoms with Crippen LogP contribution in [-0.2, 0) is 0 Å². The van der Waals surface area contributed by atoms with Gasteiger partial charge in [-0.05, 0) is 64.7 Å². The number of rotatable bonds is 7. The summed E-state index contributed by atoms with van der Waals surface area (Å²) in [7, 11) is 0. The van der Waals surface area contributed by atoms with Crippen LogP contribution in [0.1, 0.15) is 13.7 Å². The maximum Gasteiger partial charge on any atom is 0.269 e. The van der Waals surface area contributed by atoms with Gasteiger partial charge in [0.25, 0.3) is 6.33 Å². The molecule has 0 saturated heterocycles. The minimum atomic E-state index is -0.563. The predicted octanol–water partition coefficient (Wildman–Crippen LogP) is 11.0. The molecule has 2 aromatic heterocycles. The lowest BCUT2D eigenvalue weighted by Gasteiger charge is -2.17. The Kier molecular flexibility index (Phi) is 5.21. The number of hydrogen-bond donors (Lipinski definition) is 0. The molecule has 9 rings (SSSR count). The van der Waals surface area contributed by atoms with Crippen molar-refractivity contribution in [1.29, 1.82) is 0 Å². The number of imidazole rings is 1. The van der Waals surface area contributed by atoms with Gasteiger partial charge >= 0.3 is 0 Å². The fourth-order valence-corrected chi connectivity index (χ4v) is 6.14. The van der Waals surface area contributed by atoms with E-state index in [4.69, 9.17) is 23.4 Å². The van der Waals surface area contributed by atoms with Gasteiger partial charge in [0.2, 0.25) is 0 Å². The number of fused-ring (bicyclic) bond motifs is 2. The molecule has 0 N–H and O–H groups in total. The molecule has 0 atom stereocenters. The Morgan fingerprint density at radius 1 is 0.580 bits per heavy atom. The number of benzene rings is 7. The molecule has 0 fully saturated rings. The van der Waals surface area contributed by atoms with E-state index in [0.717, 1.165) is 22.2 Å². The fourth-order valence-electron chi connectivity index (χ4n) is 6.14. The van der Waals surface area contributed by atoms with Crippen molar-refractivity contribution < 1.29 is 23.0 Å². The first-order valence-corrected chi connectivity index (χ1v) is 15.9. The average Bonchev–Trinajstić information content (AvgIpc) is 3.66. The summed E-state index contributed by atoms with van der Waals surface area (Å²) >= 11 is 0. The van der Waals surface area contributed by atoms with Gasteiger partial charge in [0.15, 0.2) is 0 Å². The van der Waals surface area contributed by atoms with Crippen LogP contribution < -0.4 is 9.30 Å². The molecule has 0 saturated carbocycles. The first-order valence-electron chi connectivity index (χ1n) is 20.9. The molecule has 0 unspecified atom stereocenters. The minimum absolute atomic E-state index is 0.125. The SMILES string of the molecule is [2H]c1c([2H])c([2H])c(-c2cccc(-c3c([2H])c([2H])c([2H])c([2H])c3[2H])c2-[n+]2[c-]n(-c3cccc(Oc4cccc(-c5ccc6ccccc6n5)c4)c3)c3ccccc32)c([2H])c1[2H]. The maximum absolute atomic E-state index is 8.93. The van der Waals surface area contributed by atoms with Gasteiger partial charge in [0.1, 0.15) is 11.5 Å². The van der Waals surface area contributed by atoms with Crippen LogP contribution in [0.25, 0.3) is 66.8 Å². The van der Waals surface area contributed by atoms with Crippen molar-refractivity contribution in [3.8, 4) is 56.4 Å². The molecule has 0 aliphatic heterocycles. The molecule has 0 amide bonds. The van der Waals surface area contributed by atoms with E-state index < -0.39 is 60.4 Å². The summed E-state index contributed by atoms with van der Waals surface area (Å²) in [5.74, 6) is 1.11. The first kappa shape index (κ1) is 20.6. The van der Waals surface area contributed by atoms with Gasteiger partial charge in [-0.3, -0.25) is 9.13 Å². The van der Waals surface area contributed by atoms with E-state index in [2.05, 4.69) is 6.33 Å². The number of nitrogens with zero attached hydrogens (tertiary/aromatic N) is 3. The number of pyridine rings is 1. The molecule has 0 aliphatic rings. The Bertz CT molecular complexity index is 3070. The molecule has 9 aromatic rings. The summed E-state index contributed by atoms with van der Waals surface area (Å²) in [6.07, 6.45) is 3.40. The second-order valence-corrected chi connectivity index (χ2v) is 11.5. The molecular formula is C46H31N3O. The van der Waals surface area contributed by atoms with Gasteiger partial charge in [-0.1, -0.05) is 145 Å². The van der Waals surface area contributed by atoms with Crippen LogP contribution >= 0.6 is 0 Å². The third-order valence-corrected chi connectivity index (χ3v) is 8.40. The summed E-state index contributed by atoms with van der Waals surface area (Å²) in [5, 5.41) is 1.05. The molecule has 4 heteroatoms. The van der Waals surface area contributed by atoms with Crippen molar-refractivity contribution >= 4 is 21.9 Å². The summed E-state index contributed by atoms with van der Waals surface area (Å²) in [5.41, 5.74) is 4.70. The molecule has 7 aromatic carbocycles. The van der Waals surface area contributed by atoms with E-state index in [0.29, 0.717) is 28.2 Å². The topological polar surface area (TPSA) is 30.9 Å². The number of hydrogen-bond acceptors (Lipinski definition) is 2. The van der Waals surface area contributed by atoms with E-state index in [1.54, 1.807) is 27.3 Å². The van der Waals surface area contributed by atoms with Gasteiger partial charge in [-0.15, -0.1) is 0 Å². The standard InChI is InChI=1S/C46H31N3O/c1-3-14-33(15-4-1)40-23-13-24-41(34-16-5-2-6-17-34)46(40)49-32-48(44-26-9-10-27-45(44)49)37-20-12-22-39(31-37)50-38-21-11-19-36(30-38)43-29-28-35-18-7-8-25-42(35)47-43/h1-31H/i1D,2D,3D,4D,5D,6D,14D,15D,16D,17D. The average molecular weight is 652 g/mol. The van der Waals surface area contributed by atoms with Gasteiger partial charge in [0.05, 0.1) is 47.3 Å². The van der Waals surface area contributed by atoms with E-state index in [9.17, 15) is 0 Å². The number of ether oxygens (including phenoxy) is 1. The quantitative estimate of drug-likeness (QED) is 0.127. The monoisotopic (exact) mass is 651 g/mol. The van der Waals surface area contributed by atoms with E-state index >= 15 is 0 Å². The Morgan fingerprint density at radius 3 is 2.02 bits per heavy atom. The minimum Gasteiger partial charge on any atom is -0.458 e. The zero-order valence-corrected chi connectivity index (χ0v) is 26.4. The van der Waals surface area contributed by atoms with Crippen LogP contribution in [0.2, 0.25) is 0 Å². The third kappa shape index (κ3) is 5.49. The maximum atomic E-state index is 8.93. The lowest BCUT2D eigenvalue weighted by atomic mass is 9.95. The number of para-hydroxylation sites is 4. The zero-order valence-electron chi connectivity index (χ0n) is 36.4. The van der Waals surface area contributed by atoms with Crippen LogP contribution in [0.3, 0.4) is 0 Å². The Balaban J connectivity index is 1.22. The second kappa shape index (κ2) is 12.7. The molecule has 0 spiro atoms. The Labute approximate surface area is 304 Å². The van der Waals surface area contributed by atoms with Crippen molar-refractivity contribution in [2.75, 3.05) is 0 Å². The van der Waals surface area contributed by atoms with Gasteiger partial charge in [-0.2, -0.15) is 0 Å². The number of aromatic nitrogens is 3. The van der Waals surface area contributed by atoms with Crippen molar-refractivity contribution in [3.63, 3.8) is 0 Å². The van der Waals surface area contributed by atoms with E-state index in [1.807, 2.05) is 109 Å². The third-order valence-electron chi connectivity index (χ3n) is 8.40. The van der Waals surface area contributed by atoms with Crippen LogP contribution in [-0.4, -0.2) is 9.55 Å². The van der Waals surface area contributed by atoms with Crippen LogP contribution in [0.5, 0.6) is 11.5 Å². The molecule has 0 aliphatic carbocycles. The van der Waals surface area contributed by atoms with Crippen molar-refractivity contribution in [1.82, 2.24) is 9.55 Å². The van der Waals surface area contributed by atoms with Crippen LogP contribution in [0.4, 0.5) is 0 Å². The van der Waals surface area contributed by atoms with Gasteiger partial charge in [-0.25, -0.2) is 4.98 Å². The molecule has 0 radical (unpaired) electrons. The molecule has 236 valence electrons. The van der Waals surface area contributed by atoms with Crippen LogP contribution in [0.15, 0.2) is 188 Å². The van der Waals surface area contributed by atoms with E-state index in [-0.39, 0.29) is 27.9 Å². The predicted molar refractivity (Wildman–Crippen MR) is 202 cm³/mol. The fraction of sp³-hybridized carbons (Fsp3) is 0. The lowest BCUT2D eigenvalue weighted by Crippen LogP contribution is -2.31. The second-order valence-electron chi connectivity index (χ2n) is 11.5. The molecule has 4 nitrogen and oxygen atoms in total. The summed E-state index contributed by atoms with van der Waals surface area (Å²) < 4.78 is 96.0. The molecule has 50 heavy (non-hydrogen) atoms. The highest BCUT2D eigenvalue weighted by Gasteiger charge is 2.19. The van der Waals surface area contributed by atoms with Crippen molar-refractivity contribution in [3.05, 3.63) is 194 Å². The molecule has 2 heterocycles. The summed E-state index contributed by atoms with van der Waals surface area (Å²) in [6, 6.07) is 33.9. The lowest BCUT2D eigenvalue weighted by molar-refractivity contribution is -0.571. The Morgan fingerprint density at radius 2 is 1.24 bits per heavy atom. The summed E-state index contributed by atoms with van der Waals surface area (Å²) in [4.78, 5) is 4.84. The van der Waals surface area contributed by atoms with Gasteiger partial charge < -0.3 is 4.74 Å². The smallest absolute Gasteiger partial charge is 0.269 e. The zero-order chi connectivity index (χ0) is 42.0.